The molecule has 0 fully saturated rings. The van der Waals surface area contributed by atoms with Crippen molar-refractivity contribution in [1.29, 1.82) is 0 Å². The van der Waals surface area contributed by atoms with E-state index in [9.17, 15) is 0 Å². The van der Waals surface area contributed by atoms with Crippen molar-refractivity contribution in [2.75, 3.05) is 4.43 Å². The molecule has 0 amide bonds. The maximum atomic E-state index is 2.38. The minimum Gasteiger partial charge on any atom is -0.0818 e. The quantitative estimate of drug-likeness (QED) is 0.399. The Kier molecular flexibility index (Phi) is 6.93. The molecule has 0 unspecified atom stereocenters. The monoisotopic (exact) mass is 238 g/mol. The van der Waals surface area contributed by atoms with Crippen molar-refractivity contribution in [3.63, 3.8) is 0 Å². The summed E-state index contributed by atoms with van der Waals surface area (Å²) in [6, 6.07) is 0. The van der Waals surface area contributed by atoms with Crippen LogP contribution in [0.1, 0.15) is 33.1 Å². The first-order chi connectivity index (χ1) is 4.31. The molecule has 0 aromatic rings. The first-order valence-corrected chi connectivity index (χ1v) is 5.05. The second-order valence-corrected chi connectivity index (χ2v) is 3.19. The van der Waals surface area contributed by atoms with Gasteiger partial charge in [0.15, 0.2) is 0 Å². The zero-order valence-corrected chi connectivity index (χ0v) is 8.44. The molecular weight excluding hydrogens is 223 g/mol. The van der Waals surface area contributed by atoms with Crippen molar-refractivity contribution < 1.29 is 0 Å². The predicted molar refractivity (Wildman–Crippen MR) is 52.2 cm³/mol. The lowest BCUT2D eigenvalue weighted by atomic mass is 10.1. The molecule has 9 heavy (non-hydrogen) atoms. The fourth-order valence-electron chi connectivity index (χ4n) is 0.689. The average molecular weight is 238 g/mol. The van der Waals surface area contributed by atoms with E-state index in [1.165, 1.54) is 19.3 Å². The molecule has 54 valence electrons. The lowest BCUT2D eigenvalue weighted by Crippen LogP contribution is -1.77. The smallest absolute Gasteiger partial charge is 0.0178 e. The summed E-state index contributed by atoms with van der Waals surface area (Å²) in [5, 5.41) is 0. The number of unbranched alkanes of at least 4 members (excludes halogenated alkanes) is 1. The van der Waals surface area contributed by atoms with Crippen molar-refractivity contribution >= 4 is 22.6 Å². The molecule has 0 aromatic heterocycles. The Morgan fingerprint density at radius 2 is 2.22 bits per heavy atom. The Bertz CT molecular complexity index is 84.6. The highest BCUT2D eigenvalue weighted by Gasteiger charge is 1.85. The third-order valence-electron chi connectivity index (χ3n) is 1.35. The molecule has 0 aromatic carbocycles. The van der Waals surface area contributed by atoms with Crippen LogP contribution in [0.2, 0.25) is 0 Å². The second-order valence-electron chi connectivity index (χ2n) is 2.31. The molecule has 0 bridgehead atoms. The summed E-state index contributed by atoms with van der Waals surface area (Å²) < 4.78 is 1.16. The van der Waals surface area contributed by atoms with Crippen LogP contribution in [0.25, 0.3) is 0 Å². The summed E-state index contributed by atoms with van der Waals surface area (Å²) in [4.78, 5) is 0. The van der Waals surface area contributed by atoms with Gasteiger partial charge in [0.1, 0.15) is 0 Å². The van der Waals surface area contributed by atoms with Crippen molar-refractivity contribution in [3.05, 3.63) is 11.6 Å². The first kappa shape index (κ1) is 9.47. The van der Waals surface area contributed by atoms with Crippen molar-refractivity contribution in [2.45, 2.75) is 33.1 Å². The van der Waals surface area contributed by atoms with E-state index in [2.05, 4.69) is 42.5 Å². The fourth-order valence-corrected chi connectivity index (χ4v) is 1.44. The van der Waals surface area contributed by atoms with Gasteiger partial charge in [0.2, 0.25) is 0 Å². The molecule has 0 radical (unpaired) electrons. The molecule has 0 aliphatic carbocycles. The Hall–Kier alpha value is 0.470. The van der Waals surface area contributed by atoms with E-state index in [1.807, 2.05) is 0 Å². The zero-order valence-electron chi connectivity index (χ0n) is 6.28. The van der Waals surface area contributed by atoms with Crippen LogP contribution in [0.15, 0.2) is 11.6 Å². The summed E-state index contributed by atoms with van der Waals surface area (Å²) >= 11 is 2.38. The molecule has 0 N–H and O–H groups in total. The molecule has 0 saturated carbocycles. The fraction of sp³-hybridized carbons (Fsp3) is 0.750. The number of hydrogen-bond donors (Lipinski definition) is 0. The van der Waals surface area contributed by atoms with Gasteiger partial charge in [-0.1, -0.05) is 47.6 Å². The average Bonchev–Trinajstić information content (AvgIpc) is 1.85. The predicted octanol–water partition coefficient (Wildman–Crippen LogP) is 3.56. The molecule has 0 rings (SSSR count). The van der Waals surface area contributed by atoms with Crippen molar-refractivity contribution in [3.8, 4) is 0 Å². The molecule has 0 heterocycles. The summed E-state index contributed by atoms with van der Waals surface area (Å²) in [6.45, 7) is 4.45. The Balaban J connectivity index is 3.25. The van der Waals surface area contributed by atoms with E-state index in [0.717, 1.165) is 4.43 Å². The highest BCUT2D eigenvalue weighted by Crippen LogP contribution is 2.05. The third kappa shape index (κ3) is 6.35. The van der Waals surface area contributed by atoms with Gasteiger partial charge >= 0.3 is 0 Å². The molecule has 0 aliphatic heterocycles. The van der Waals surface area contributed by atoms with Gasteiger partial charge in [0.25, 0.3) is 0 Å². The Morgan fingerprint density at radius 3 is 2.67 bits per heavy atom. The van der Waals surface area contributed by atoms with E-state index in [1.54, 1.807) is 5.57 Å². The first-order valence-electron chi connectivity index (χ1n) is 3.52. The number of alkyl halides is 1. The number of allylic oxidation sites excluding steroid dienone is 2. The SMILES string of the molecule is CCCC/C(C)=C\CI. The highest BCUT2D eigenvalue weighted by atomic mass is 127. The van der Waals surface area contributed by atoms with Crippen LogP contribution in [-0.4, -0.2) is 4.43 Å². The van der Waals surface area contributed by atoms with Crippen molar-refractivity contribution in [2.24, 2.45) is 0 Å². The van der Waals surface area contributed by atoms with E-state index in [-0.39, 0.29) is 0 Å². The standard InChI is InChI=1S/C8H15I/c1-3-4-5-8(2)6-7-9/h6H,3-5,7H2,1-2H3/b8-6-. The lowest BCUT2D eigenvalue weighted by Gasteiger charge is -1.95. The summed E-state index contributed by atoms with van der Waals surface area (Å²) in [7, 11) is 0. The number of hydrogen-bond acceptors (Lipinski definition) is 0. The van der Waals surface area contributed by atoms with Gasteiger partial charge in [0.05, 0.1) is 0 Å². The number of halogens is 1. The van der Waals surface area contributed by atoms with Crippen LogP contribution in [0.3, 0.4) is 0 Å². The van der Waals surface area contributed by atoms with Gasteiger partial charge < -0.3 is 0 Å². The third-order valence-corrected chi connectivity index (χ3v) is 1.79. The highest BCUT2D eigenvalue weighted by molar-refractivity contribution is 14.1. The Labute approximate surface area is 71.9 Å². The molecular formula is C8H15I. The summed E-state index contributed by atoms with van der Waals surface area (Å²) in [5.41, 5.74) is 1.55. The zero-order chi connectivity index (χ0) is 7.11. The largest absolute Gasteiger partial charge is 0.0818 e. The molecule has 1 heteroatoms. The van der Waals surface area contributed by atoms with Gasteiger partial charge in [0, 0.05) is 4.43 Å². The van der Waals surface area contributed by atoms with Gasteiger partial charge in [-0.3, -0.25) is 0 Å². The van der Waals surface area contributed by atoms with Gasteiger partial charge in [-0.15, -0.1) is 0 Å². The summed E-state index contributed by atoms with van der Waals surface area (Å²) in [5.74, 6) is 0. The van der Waals surface area contributed by atoms with E-state index >= 15 is 0 Å². The van der Waals surface area contributed by atoms with E-state index in [0.29, 0.717) is 0 Å². The van der Waals surface area contributed by atoms with Crippen LogP contribution >= 0.6 is 22.6 Å². The Morgan fingerprint density at radius 1 is 1.56 bits per heavy atom. The normalized spacial score (nSPS) is 12.1. The number of rotatable bonds is 4. The van der Waals surface area contributed by atoms with Crippen LogP contribution < -0.4 is 0 Å². The minimum atomic E-state index is 1.16. The summed E-state index contributed by atoms with van der Waals surface area (Å²) in [6.07, 6.45) is 6.25. The molecule has 0 spiro atoms. The maximum Gasteiger partial charge on any atom is 0.0178 e. The second kappa shape index (κ2) is 6.59. The van der Waals surface area contributed by atoms with Crippen LogP contribution in [0, 0.1) is 0 Å². The molecule has 0 saturated heterocycles. The van der Waals surface area contributed by atoms with Crippen LogP contribution in [0.4, 0.5) is 0 Å². The molecule has 0 nitrogen and oxygen atoms in total. The maximum absolute atomic E-state index is 2.38. The van der Waals surface area contributed by atoms with Gasteiger partial charge in [-0.25, -0.2) is 0 Å². The molecule has 0 atom stereocenters. The van der Waals surface area contributed by atoms with E-state index < -0.39 is 0 Å². The van der Waals surface area contributed by atoms with Gasteiger partial charge in [-0.2, -0.15) is 0 Å². The topological polar surface area (TPSA) is 0 Å². The van der Waals surface area contributed by atoms with Crippen LogP contribution in [-0.2, 0) is 0 Å². The van der Waals surface area contributed by atoms with Gasteiger partial charge in [-0.05, 0) is 19.8 Å². The van der Waals surface area contributed by atoms with E-state index in [4.69, 9.17) is 0 Å². The molecule has 0 aliphatic rings. The van der Waals surface area contributed by atoms with Crippen LogP contribution in [0.5, 0.6) is 0 Å². The minimum absolute atomic E-state index is 1.16. The van der Waals surface area contributed by atoms with Crippen molar-refractivity contribution in [1.82, 2.24) is 0 Å². The lowest BCUT2D eigenvalue weighted by molar-refractivity contribution is 0.786.